The molecule has 0 atom stereocenters. The molecule has 0 unspecified atom stereocenters. The van der Waals surface area contributed by atoms with E-state index in [-0.39, 0.29) is 0 Å². The van der Waals surface area contributed by atoms with Crippen molar-refractivity contribution in [3.8, 4) is 0 Å². The van der Waals surface area contributed by atoms with Crippen LogP contribution in [0, 0.1) is 6.92 Å². The van der Waals surface area contributed by atoms with Gasteiger partial charge in [-0.05, 0) is 20.3 Å². The first-order valence-corrected chi connectivity index (χ1v) is 4.33. The van der Waals surface area contributed by atoms with Crippen LogP contribution in [0.3, 0.4) is 0 Å². The lowest BCUT2D eigenvalue weighted by Gasteiger charge is -2.08. The van der Waals surface area contributed by atoms with Crippen LogP contribution in [0.2, 0.25) is 0 Å². The molecular formula is C9H15N3. The number of nitrogens with zero attached hydrogens (tertiary/aromatic N) is 2. The van der Waals surface area contributed by atoms with E-state index in [2.05, 4.69) is 29.1 Å². The van der Waals surface area contributed by atoms with Gasteiger partial charge in [-0.25, -0.2) is 9.97 Å². The lowest BCUT2D eigenvalue weighted by molar-refractivity contribution is 0.983. The van der Waals surface area contributed by atoms with Crippen LogP contribution in [-0.2, 0) is 6.42 Å². The van der Waals surface area contributed by atoms with Crippen LogP contribution in [0.5, 0.6) is 0 Å². The summed E-state index contributed by atoms with van der Waals surface area (Å²) in [5.41, 5.74) is 2.29. The van der Waals surface area contributed by atoms with Gasteiger partial charge in [0.05, 0.1) is 0 Å². The number of hydrogen-bond acceptors (Lipinski definition) is 3. The molecule has 3 heteroatoms. The van der Waals surface area contributed by atoms with Crippen molar-refractivity contribution in [3.05, 3.63) is 17.6 Å². The van der Waals surface area contributed by atoms with Crippen molar-refractivity contribution in [3.63, 3.8) is 0 Å². The standard InChI is InChI=1S/C9H15N3/c1-4-8-7(3)11-6-12-9(8)10-5-2/h6H,4-5H2,1-3H3,(H,10,11,12). The molecule has 3 nitrogen and oxygen atoms in total. The van der Waals surface area contributed by atoms with E-state index in [9.17, 15) is 0 Å². The van der Waals surface area contributed by atoms with Crippen LogP contribution in [-0.4, -0.2) is 16.5 Å². The van der Waals surface area contributed by atoms with Crippen molar-refractivity contribution in [2.75, 3.05) is 11.9 Å². The quantitative estimate of drug-likeness (QED) is 0.741. The molecule has 0 spiro atoms. The highest BCUT2D eigenvalue weighted by Gasteiger charge is 2.03. The maximum Gasteiger partial charge on any atom is 0.132 e. The Labute approximate surface area is 73.2 Å². The van der Waals surface area contributed by atoms with Crippen molar-refractivity contribution in [1.29, 1.82) is 0 Å². The Morgan fingerprint density at radius 1 is 1.33 bits per heavy atom. The summed E-state index contributed by atoms with van der Waals surface area (Å²) in [6.45, 7) is 7.11. The van der Waals surface area contributed by atoms with E-state index in [4.69, 9.17) is 0 Å². The molecule has 0 amide bonds. The Balaban J connectivity index is 3.00. The van der Waals surface area contributed by atoms with Gasteiger partial charge in [0.2, 0.25) is 0 Å². The second-order valence-electron chi connectivity index (χ2n) is 2.67. The first-order chi connectivity index (χ1) is 5.79. The monoisotopic (exact) mass is 165 g/mol. The van der Waals surface area contributed by atoms with E-state index >= 15 is 0 Å². The molecule has 66 valence electrons. The topological polar surface area (TPSA) is 37.8 Å². The van der Waals surface area contributed by atoms with Crippen LogP contribution >= 0.6 is 0 Å². The van der Waals surface area contributed by atoms with Crippen LogP contribution in [0.1, 0.15) is 25.1 Å². The highest BCUT2D eigenvalue weighted by Crippen LogP contribution is 2.14. The molecule has 0 saturated heterocycles. The van der Waals surface area contributed by atoms with Gasteiger partial charge < -0.3 is 5.32 Å². The lowest BCUT2D eigenvalue weighted by Crippen LogP contribution is -2.05. The normalized spacial score (nSPS) is 9.92. The van der Waals surface area contributed by atoms with Gasteiger partial charge in [0.1, 0.15) is 12.1 Å². The zero-order chi connectivity index (χ0) is 8.97. The number of rotatable bonds is 3. The van der Waals surface area contributed by atoms with Crippen molar-refractivity contribution in [1.82, 2.24) is 9.97 Å². The zero-order valence-electron chi connectivity index (χ0n) is 7.89. The fourth-order valence-electron chi connectivity index (χ4n) is 1.24. The van der Waals surface area contributed by atoms with Crippen LogP contribution in [0.25, 0.3) is 0 Å². The number of aryl methyl sites for hydroxylation is 1. The molecule has 0 saturated carbocycles. The molecule has 0 bridgehead atoms. The smallest absolute Gasteiger partial charge is 0.132 e. The predicted molar refractivity (Wildman–Crippen MR) is 50.3 cm³/mol. The average molecular weight is 165 g/mol. The molecule has 1 N–H and O–H groups in total. The molecule has 0 aromatic carbocycles. The highest BCUT2D eigenvalue weighted by atomic mass is 15.0. The average Bonchev–Trinajstić information content (AvgIpc) is 2.05. The maximum absolute atomic E-state index is 4.18. The van der Waals surface area contributed by atoms with Crippen molar-refractivity contribution >= 4 is 5.82 Å². The molecule has 1 rings (SSSR count). The van der Waals surface area contributed by atoms with E-state index in [1.807, 2.05) is 6.92 Å². The fraction of sp³-hybridized carbons (Fsp3) is 0.556. The van der Waals surface area contributed by atoms with Crippen molar-refractivity contribution in [2.45, 2.75) is 27.2 Å². The Morgan fingerprint density at radius 2 is 2.08 bits per heavy atom. The van der Waals surface area contributed by atoms with Crippen LogP contribution in [0.4, 0.5) is 5.82 Å². The summed E-state index contributed by atoms with van der Waals surface area (Å²) in [5, 5.41) is 3.22. The van der Waals surface area contributed by atoms with Gasteiger partial charge in [-0.2, -0.15) is 0 Å². The summed E-state index contributed by atoms with van der Waals surface area (Å²) in [6.07, 6.45) is 2.58. The summed E-state index contributed by atoms with van der Waals surface area (Å²) in [4.78, 5) is 8.32. The predicted octanol–water partition coefficient (Wildman–Crippen LogP) is 1.78. The zero-order valence-corrected chi connectivity index (χ0v) is 7.89. The molecule has 0 radical (unpaired) electrons. The third kappa shape index (κ3) is 1.72. The van der Waals surface area contributed by atoms with Gasteiger partial charge in [0, 0.05) is 17.8 Å². The SMILES string of the molecule is CCNc1ncnc(C)c1CC. The van der Waals surface area contributed by atoms with Crippen molar-refractivity contribution in [2.24, 2.45) is 0 Å². The van der Waals surface area contributed by atoms with E-state index in [0.717, 1.165) is 24.5 Å². The van der Waals surface area contributed by atoms with Crippen LogP contribution in [0.15, 0.2) is 6.33 Å². The van der Waals surface area contributed by atoms with E-state index in [1.54, 1.807) is 6.33 Å². The Bertz CT molecular complexity index is 258. The molecule has 1 aromatic rings. The first-order valence-electron chi connectivity index (χ1n) is 4.33. The minimum atomic E-state index is 0.906. The number of anilines is 1. The molecule has 12 heavy (non-hydrogen) atoms. The lowest BCUT2D eigenvalue weighted by atomic mass is 10.2. The van der Waals surface area contributed by atoms with Gasteiger partial charge in [-0.1, -0.05) is 6.92 Å². The van der Waals surface area contributed by atoms with Gasteiger partial charge in [0.25, 0.3) is 0 Å². The summed E-state index contributed by atoms with van der Waals surface area (Å²) >= 11 is 0. The Hall–Kier alpha value is -1.12. The van der Waals surface area contributed by atoms with E-state index < -0.39 is 0 Å². The third-order valence-electron chi connectivity index (χ3n) is 1.86. The summed E-state index contributed by atoms with van der Waals surface area (Å²) in [7, 11) is 0. The summed E-state index contributed by atoms with van der Waals surface area (Å²) in [6, 6.07) is 0. The fourth-order valence-corrected chi connectivity index (χ4v) is 1.24. The largest absolute Gasteiger partial charge is 0.370 e. The highest BCUT2D eigenvalue weighted by molar-refractivity contribution is 5.45. The molecule has 1 heterocycles. The Kier molecular flexibility index (Phi) is 3.02. The van der Waals surface area contributed by atoms with Gasteiger partial charge in [-0.15, -0.1) is 0 Å². The van der Waals surface area contributed by atoms with Gasteiger partial charge in [-0.3, -0.25) is 0 Å². The second-order valence-corrected chi connectivity index (χ2v) is 2.67. The summed E-state index contributed by atoms with van der Waals surface area (Å²) in [5.74, 6) is 0.979. The van der Waals surface area contributed by atoms with Crippen molar-refractivity contribution < 1.29 is 0 Å². The minimum Gasteiger partial charge on any atom is -0.370 e. The molecular weight excluding hydrogens is 150 g/mol. The Morgan fingerprint density at radius 3 is 2.67 bits per heavy atom. The molecule has 1 aromatic heterocycles. The molecule has 0 aliphatic carbocycles. The second kappa shape index (κ2) is 4.04. The van der Waals surface area contributed by atoms with Crippen LogP contribution < -0.4 is 5.32 Å². The van der Waals surface area contributed by atoms with E-state index in [1.165, 1.54) is 5.56 Å². The maximum atomic E-state index is 4.18. The number of hydrogen-bond donors (Lipinski definition) is 1. The minimum absolute atomic E-state index is 0.906. The van der Waals surface area contributed by atoms with Gasteiger partial charge in [0.15, 0.2) is 0 Å². The number of nitrogens with one attached hydrogen (secondary N) is 1. The van der Waals surface area contributed by atoms with Gasteiger partial charge >= 0.3 is 0 Å². The molecule has 0 aliphatic rings. The third-order valence-corrected chi connectivity index (χ3v) is 1.86. The first kappa shape index (κ1) is 8.97. The molecule has 0 fully saturated rings. The molecule has 0 aliphatic heterocycles. The van der Waals surface area contributed by atoms with E-state index in [0.29, 0.717) is 0 Å². The number of aromatic nitrogens is 2. The summed E-state index contributed by atoms with van der Waals surface area (Å²) < 4.78 is 0.